The molecule has 0 aliphatic carbocycles. The van der Waals surface area contributed by atoms with Gasteiger partial charge in [-0.15, -0.1) is 6.58 Å². The van der Waals surface area contributed by atoms with Crippen LogP contribution in [0.15, 0.2) is 12.7 Å². The average molecular weight is 157 g/mol. The van der Waals surface area contributed by atoms with Crippen molar-refractivity contribution in [1.82, 2.24) is 0 Å². The smallest absolute Gasteiger partial charge is 0.267 e. The molecule has 0 aliphatic rings. The monoisotopic (exact) mass is 157 g/mol. The molecule has 0 aliphatic heterocycles. The van der Waals surface area contributed by atoms with Crippen LogP contribution in [0, 0.1) is 10.1 Å². The summed E-state index contributed by atoms with van der Waals surface area (Å²) in [4.78, 5) is 20.3. The maximum atomic E-state index is 10.9. The maximum absolute atomic E-state index is 10.9. The van der Waals surface area contributed by atoms with Gasteiger partial charge in [0.1, 0.15) is 0 Å². The van der Waals surface area contributed by atoms with Crippen molar-refractivity contribution in [2.45, 2.75) is 25.8 Å². The molecule has 0 fully saturated rings. The molecule has 4 nitrogen and oxygen atoms in total. The van der Waals surface area contributed by atoms with E-state index in [1.54, 1.807) is 6.08 Å². The predicted molar refractivity (Wildman–Crippen MR) is 40.9 cm³/mol. The van der Waals surface area contributed by atoms with Crippen LogP contribution in [0.25, 0.3) is 0 Å². The second-order valence-corrected chi connectivity index (χ2v) is 2.25. The topological polar surface area (TPSA) is 60.2 Å². The Bertz CT molecular complexity index is 177. The van der Waals surface area contributed by atoms with E-state index in [1.807, 2.05) is 0 Å². The minimum Gasteiger partial charge on any atom is -0.292 e. The Kier molecular flexibility index (Phi) is 4.10. The van der Waals surface area contributed by atoms with E-state index in [2.05, 4.69) is 6.58 Å². The molecule has 0 amide bonds. The summed E-state index contributed by atoms with van der Waals surface area (Å²) in [6, 6.07) is -1.07. The number of ketones is 1. The van der Waals surface area contributed by atoms with Crippen molar-refractivity contribution in [1.29, 1.82) is 0 Å². The first-order valence-electron chi connectivity index (χ1n) is 3.36. The Morgan fingerprint density at radius 2 is 2.36 bits per heavy atom. The third kappa shape index (κ3) is 3.50. The third-order valence-corrected chi connectivity index (χ3v) is 1.38. The van der Waals surface area contributed by atoms with Gasteiger partial charge in [0.15, 0.2) is 0 Å². The van der Waals surface area contributed by atoms with Gasteiger partial charge in [-0.1, -0.05) is 6.08 Å². The lowest BCUT2D eigenvalue weighted by Gasteiger charge is -1.99. The predicted octanol–water partition coefficient (Wildman–Crippen LogP) is 1.19. The first-order valence-corrected chi connectivity index (χ1v) is 3.36. The van der Waals surface area contributed by atoms with Crippen LogP contribution in [0.3, 0.4) is 0 Å². The number of hydrogen-bond donors (Lipinski definition) is 0. The lowest BCUT2D eigenvalue weighted by molar-refractivity contribution is -0.503. The van der Waals surface area contributed by atoms with E-state index in [0.29, 0.717) is 6.42 Å². The molecule has 0 aromatic heterocycles. The zero-order valence-electron chi connectivity index (χ0n) is 6.45. The van der Waals surface area contributed by atoms with Crippen molar-refractivity contribution >= 4 is 5.78 Å². The van der Waals surface area contributed by atoms with Gasteiger partial charge in [-0.2, -0.15) is 0 Å². The molecule has 1 unspecified atom stereocenters. The first kappa shape index (κ1) is 9.81. The van der Waals surface area contributed by atoms with Crippen molar-refractivity contribution < 1.29 is 9.72 Å². The summed E-state index contributed by atoms with van der Waals surface area (Å²) in [7, 11) is 0. The third-order valence-electron chi connectivity index (χ3n) is 1.38. The zero-order chi connectivity index (χ0) is 8.85. The van der Waals surface area contributed by atoms with Gasteiger partial charge in [0.25, 0.3) is 6.04 Å². The lowest BCUT2D eigenvalue weighted by atomic mass is 10.1. The van der Waals surface area contributed by atoms with E-state index in [0.717, 1.165) is 0 Å². The van der Waals surface area contributed by atoms with Gasteiger partial charge < -0.3 is 0 Å². The Morgan fingerprint density at radius 1 is 1.82 bits per heavy atom. The molecule has 0 heterocycles. The Labute approximate surface area is 65.1 Å². The van der Waals surface area contributed by atoms with Crippen molar-refractivity contribution in [3.05, 3.63) is 22.8 Å². The number of nitro groups is 1. The quantitative estimate of drug-likeness (QED) is 0.342. The fourth-order valence-corrected chi connectivity index (χ4v) is 0.571. The van der Waals surface area contributed by atoms with Crippen LogP contribution in [-0.2, 0) is 4.79 Å². The number of nitrogens with zero attached hydrogens (tertiary/aromatic N) is 1. The van der Waals surface area contributed by atoms with Crippen molar-refractivity contribution in [2.24, 2.45) is 0 Å². The lowest BCUT2D eigenvalue weighted by Crippen LogP contribution is -2.25. The molecule has 0 radical (unpaired) electrons. The number of carbonyl (C=O) groups excluding carboxylic acids is 1. The van der Waals surface area contributed by atoms with Crippen molar-refractivity contribution in [3.8, 4) is 0 Å². The fraction of sp³-hybridized carbons (Fsp3) is 0.571. The summed E-state index contributed by atoms with van der Waals surface area (Å²) in [5.74, 6) is -0.338. The molecule has 0 spiro atoms. The van der Waals surface area contributed by atoms with E-state index in [-0.39, 0.29) is 12.2 Å². The molecule has 0 aromatic rings. The zero-order valence-corrected chi connectivity index (χ0v) is 6.45. The fourth-order valence-electron chi connectivity index (χ4n) is 0.571. The van der Waals surface area contributed by atoms with Crippen molar-refractivity contribution in [3.63, 3.8) is 0 Å². The Balaban J connectivity index is 3.82. The van der Waals surface area contributed by atoms with Gasteiger partial charge in [-0.05, 0) is 6.42 Å². The van der Waals surface area contributed by atoms with Crippen LogP contribution in [-0.4, -0.2) is 16.7 Å². The summed E-state index contributed by atoms with van der Waals surface area (Å²) in [5, 5.41) is 10.1. The molecule has 0 N–H and O–H groups in total. The molecule has 0 bridgehead atoms. The summed E-state index contributed by atoms with van der Waals surface area (Å²) < 4.78 is 0. The molecular weight excluding hydrogens is 146 g/mol. The number of allylic oxidation sites excluding steroid dienone is 1. The van der Waals surface area contributed by atoms with Crippen LogP contribution in [0.5, 0.6) is 0 Å². The van der Waals surface area contributed by atoms with E-state index in [9.17, 15) is 14.9 Å². The normalized spacial score (nSPS) is 12.1. The molecule has 62 valence electrons. The van der Waals surface area contributed by atoms with Crippen molar-refractivity contribution in [2.75, 3.05) is 0 Å². The molecule has 0 aromatic carbocycles. The second-order valence-electron chi connectivity index (χ2n) is 2.25. The highest BCUT2D eigenvalue weighted by molar-refractivity contribution is 5.82. The van der Waals surface area contributed by atoms with E-state index < -0.39 is 11.0 Å². The average Bonchev–Trinajstić information content (AvgIpc) is 1.98. The molecule has 0 saturated heterocycles. The largest absolute Gasteiger partial charge is 0.292 e. The standard InChI is InChI=1S/C7H11NO3/c1-3-4-5-7(9)6(2)8(10)11/h3,6H,1,4-5H2,2H3. The highest BCUT2D eigenvalue weighted by Crippen LogP contribution is 1.98. The number of rotatable bonds is 5. The van der Waals surface area contributed by atoms with Crippen LogP contribution in [0.4, 0.5) is 0 Å². The molecule has 11 heavy (non-hydrogen) atoms. The molecule has 0 rings (SSSR count). The summed E-state index contributed by atoms with van der Waals surface area (Å²) in [6.45, 7) is 4.71. The SMILES string of the molecule is C=CCCC(=O)C(C)[N+](=O)[O-]. The minimum absolute atomic E-state index is 0.214. The van der Waals surface area contributed by atoms with Gasteiger partial charge in [-0.3, -0.25) is 14.9 Å². The minimum atomic E-state index is -1.07. The maximum Gasteiger partial charge on any atom is 0.267 e. The van der Waals surface area contributed by atoms with Gasteiger partial charge in [0.05, 0.1) is 0 Å². The van der Waals surface area contributed by atoms with E-state index in [4.69, 9.17) is 0 Å². The molecular formula is C7H11NO3. The van der Waals surface area contributed by atoms with E-state index >= 15 is 0 Å². The summed E-state index contributed by atoms with van der Waals surface area (Å²) in [5.41, 5.74) is 0. The van der Waals surface area contributed by atoms with E-state index in [1.165, 1.54) is 6.92 Å². The highest BCUT2D eigenvalue weighted by atomic mass is 16.6. The van der Waals surface area contributed by atoms with Gasteiger partial charge >= 0.3 is 0 Å². The Morgan fingerprint density at radius 3 is 2.73 bits per heavy atom. The van der Waals surface area contributed by atoms with Crippen LogP contribution >= 0.6 is 0 Å². The molecule has 0 saturated carbocycles. The van der Waals surface area contributed by atoms with Gasteiger partial charge in [0.2, 0.25) is 5.78 Å². The van der Waals surface area contributed by atoms with Crippen LogP contribution < -0.4 is 0 Å². The Hall–Kier alpha value is -1.19. The molecule has 4 heteroatoms. The summed E-state index contributed by atoms with van der Waals surface area (Å²) >= 11 is 0. The number of hydrogen-bond acceptors (Lipinski definition) is 3. The highest BCUT2D eigenvalue weighted by Gasteiger charge is 2.21. The first-order chi connectivity index (χ1) is 5.09. The second kappa shape index (κ2) is 4.60. The van der Waals surface area contributed by atoms with Gasteiger partial charge in [0, 0.05) is 18.3 Å². The summed E-state index contributed by atoms with van der Waals surface area (Å²) in [6.07, 6.45) is 2.30. The molecule has 1 atom stereocenters. The van der Waals surface area contributed by atoms with Crippen LogP contribution in [0.1, 0.15) is 19.8 Å². The van der Waals surface area contributed by atoms with Crippen LogP contribution in [0.2, 0.25) is 0 Å². The van der Waals surface area contributed by atoms with Gasteiger partial charge in [-0.25, -0.2) is 0 Å². The number of carbonyl (C=O) groups is 1. The number of Topliss-reactive ketones (excluding diaryl/α,β-unsaturated/α-hetero) is 1.